The molecule has 1 N–H and O–H groups in total. The molecule has 0 aliphatic carbocycles. The van der Waals surface area contributed by atoms with Gasteiger partial charge in [-0.1, -0.05) is 0 Å². The van der Waals surface area contributed by atoms with Crippen LogP contribution < -0.4 is 4.74 Å². The van der Waals surface area contributed by atoms with E-state index >= 15 is 0 Å². The van der Waals surface area contributed by atoms with E-state index in [9.17, 15) is 10.1 Å². The van der Waals surface area contributed by atoms with E-state index < -0.39 is 4.92 Å². The van der Waals surface area contributed by atoms with Crippen molar-refractivity contribution in [2.45, 2.75) is 6.61 Å². The van der Waals surface area contributed by atoms with Gasteiger partial charge in [-0.25, -0.2) is 0 Å². The van der Waals surface area contributed by atoms with Gasteiger partial charge in [-0.2, -0.15) is 15.4 Å². The number of nitrogens with zero attached hydrogens (tertiary/aromatic N) is 3. The fourth-order valence-corrected chi connectivity index (χ4v) is 1.66. The van der Waals surface area contributed by atoms with Crippen molar-refractivity contribution in [3.8, 4) is 17.0 Å². The Kier molecular flexibility index (Phi) is 1.67. The molecular weight excluding hydrogens is 212 g/mol. The molecule has 0 fully saturated rings. The molecule has 80 valence electrons. The average Bonchev–Trinajstić information content (AvgIpc) is 2.76. The third-order valence-electron chi connectivity index (χ3n) is 2.41. The monoisotopic (exact) mass is 218 g/mol. The van der Waals surface area contributed by atoms with Gasteiger partial charge in [0.2, 0.25) is 0 Å². The summed E-state index contributed by atoms with van der Waals surface area (Å²) in [7, 11) is 0. The van der Waals surface area contributed by atoms with Gasteiger partial charge >= 0.3 is 0 Å². The Morgan fingerprint density at radius 3 is 3.12 bits per heavy atom. The van der Waals surface area contributed by atoms with Crippen molar-refractivity contribution < 1.29 is 9.66 Å². The Bertz CT molecular complexity index is 578. The summed E-state index contributed by atoms with van der Waals surface area (Å²) >= 11 is 0. The van der Waals surface area contributed by atoms with Crippen molar-refractivity contribution in [1.29, 1.82) is 0 Å². The molecule has 2 aromatic rings. The molecule has 0 radical (unpaired) electrons. The van der Waals surface area contributed by atoms with Crippen LogP contribution in [-0.2, 0) is 6.61 Å². The van der Waals surface area contributed by atoms with Crippen LogP contribution in [0.5, 0.6) is 5.75 Å². The van der Waals surface area contributed by atoms with Gasteiger partial charge in [0.1, 0.15) is 23.7 Å². The van der Waals surface area contributed by atoms with E-state index in [1.54, 1.807) is 6.07 Å². The Hall–Kier alpha value is -2.44. The number of rotatable bonds is 1. The SMILES string of the molecule is O=[N+]([O-])c1ccc2c(c1)-c1n[nH]nc1CO2. The molecule has 1 aromatic carbocycles. The van der Waals surface area contributed by atoms with Gasteiger partial charge in [-0.05, 0) is 6.07 Å². The quantitative estimate of drug-likeness (QED) is 0.574. The van der Waals surface area contributed by atoms with E-state index in [1.165, 1.54) is 12.1 Å². The number of hydrogen-bond acceptors (Lipinski definition) is 5. The van der Waals surface area contributed by atoms with Crippen LogP contribution >= 0.6 is 0 Å². The lowest BCUT2D eigenvalue weighted by Gasteiger charge is -2.14. The number of ether oxygens (including phenoxy) is 1. The first-order valence-corrected chi connectivity index (χ1v) is 4.57. The van der Waals surface area contributed by atoms with E-state index in [0.29, 0.717) is 29.3 Å². The minimum absolute atomic E-state index is 0.0122. The van der Waals surface area contributed by atoms with Crippen LogP contribution in [0.25, 0.3) is 11.3 Å². The van der Waals surface area contributed by atoms with E-state index in [1.807, 2.05) is 0 Å². The maximum absolute atomic E-state index is 10.7. The fourth-order valence-electron chi connectivity index (χ4n) is 1.66. The third kappa shape index (κ3) is 1.14. The molecule has 0 atom stereocenters. The number of benzene rings is 1. The lowest BCUT2D eigenvalue weighted by Crippen LogP contribution is -2.05. The van der Waals surface area contributed by atoms with Crippen LogP contribution in [0.3, 0.4) is 0 Å². The van der Waals surface area contributed by atoms with E-state index in [-0.39, 0.29) is 5.69 Å². The summed E-state index contributed by atoms with van der Waals surface area (Å²) < 4.78 is 5.40. The highest BCUT2D eigenvalue weighted by molar-refractivity contribution is 5.72. The van der Waals surface area contributed by atoms with Crippen molar-refractivity contribution >= 4 is 5.69 Å². The molecule has 1 aliphatic rings. The molecule has 1 aliphatic heterocycles. The van der Waals surface area contributed by atoms with Crippen molar-refractivity contribution in [3.05, 3.63) is 34.0 Å². The van der Waals surface area contributed by atoms with Crippen molar-refractivity contribution in [1.82, 2.24) is 15.4 Å². The summed E-state index contributed by atoms with van der Waals surface area (Å²) in [4.78, 5) is 10.2. The number of non-ortho nitro benzene ring substituents is 1. The molecule has 0 saturated heterocycles. The first kappa shape index (κ1) is 8.84. The van der Waals surface area contributed by atoms with E-state index in [0.717, 1.165) is 0 Å². The fraction of sp³-hybridized carbons (Fsp3) is 0.111. The van der Waals surface area contributed by atoms with Crippen LogP contribution in [0.1, 0.15) is 5.69 Å². The van der Waals surface area contributed by atoms with Gasteiger partial charge in [0.25, 0.3) is 5.69 Å². The van der Waals surface area contributed by atoms with Gasteiger partial charge in [-0.3, -0.25) is 10.1 Å². The zero-order valence-corrected chi connectivity index (χ0v) is 8.01. The van der Waals surface area contributed by atoms with Gasteiger partial charge in [0, 0.05) is 12.1 Å². The van der Waals surface area contributed by atoms with Crippen LogP contribution in [0.4, 0.5) is 5.69 Å². The summed E-state index contributed by atoms with van der Waals surface area (Å²) in [6, 6.07) is 4.42. The maximum atomic E-state index is 10.7. The highest BCUT2D eigenvalue weighted by Crippen LogP contribution is 2.37. The van der Waals surface area contributed by atoms with Crippen LogP contribution in [0.2, 0.25) is 0 Å². The number of nitrogens with one attached hydrogen (secondary N) is 1. The van der Waals surface area contributed by atoms with Crippen LogP contribution in [0, 0.1) is 10.1 Å². The molecule has 0 unspecified atom stereocenters. The topological polar surface area (TPSA) is 93.9 Å². The number of H-pyrrole nitrogens is 1. The number of fused-ring (bicyclic) bond motifs is 3. The summed E-state index contributed by atoms with van der Waals surface area (Å²) in [5.41, 5.74) is 1.89. The number of aromatic nitrogens is 3. The second kappa shape index (κ2) is 3.02. The molecule has 0 spiro atoms. The molecule has 7 heteroatoms. The van der Waals surface area contributed by atoms with Crippen LogP contribution in [0.15, 0.2) is 18.2 Å². The second-order valence-electron chi connectivity index (χ2n) is 3.35. The lowest BCUT2D eigenvalue weighted by molar-refractivity contribution is -0.384. The smallest absolute Gasteiger partial charge is 0.270 e. The van der Waals surface area contributed by atoms with Gasteiger partial charge in [0.05, 0.1) is 10.5 Å². The predicted octanol–water partition coefficient (Wildman–Crippen LogP) is 1.27. The Labute approximate surface area is 89.2 Å². The zero-order chi connectivity index (χ0) is 11.1. The Morgan fingerprint density at radius 1 is 1.44 bits per heavy atom. The molecule has 1 aromatic heterocycles. The standard InChI is InChI=1S/C9H6N4O3/c14-13(15)5-1-2-8-6(3-5)9-7(4-16-8)10-12-11-9/h1-3H,4H2,(H,10,11,12). The molecule has 0 amide bonds. The van der Waals surface area contributed by atoms with Gasteiger partial charge < -0.3 is 4.74 Å². The van der Waals surface area contributed by atoms with Crippen molar-refractivity contribution in [3.63, 3.8) is 0 Å². The third-order valence-corrected chi connectivity index (χ3v) is 2.41. The van der Waals surface area contributed by atoms with E-state index in [4.69, 9.17) is 4.74 Å². The van der Waals surface area contributed by atoms with Crippen molar-refractivity contribution in [2.24, 2.45) is 0 Å². The molecule has 16 heavy (non-hydrogen) atoms. The highest BCUT2D eigenvalue weighted by Gasteiger charge is 2.23. The van der Waals surface area contributed by atoms with E-state index in [2.05, 4.69) is 15.4 Å². The molecule has 0 saturated carbocycles. The predicted molar refractivity (Wildman–Crippen MR) is 52.8 cm³/mol. The number of aromatic amines is 1. The summed E-state index contributed by atoms with van der Waals surface area (Å²) in [6.07, 6.45) is 0. The highest BCUT2D eigenvalue weighted by atomic mass is 16.6. The minimum Gasteiger partial charge on any atom is -0.486 e. The first-order valence-electron chi connectivity index (χ1n) is 4.57. The lowest BCUT2D eigenvalue weighted by atomic mass is 10.1. The maximum Gasteiger partial charge on any atom is 0.270 e. The first-order chi connectivity index (χ1) is 7.75. The molecule has 0 bridgehead atoms. The Balaban J connectivity index is 2.22. The molecular formula is C9H6N4O3. The summed E-state index contributed by atoms with van der Waals surface area (Å²) in [5.74, 6) is 0.590. The number of nitro benzene ring substituents is 1. The molecule has 2 heterocycles. The Morgan fingerprint density at radius 2 is 2.31 bits per heavy atom. The van der Waals surface area contributed by atoms with Crippen molar-refractivity contribution in [2.75, 3.05) is 0 Å². The zero-order valence-electron chi connectivity index (χ0n) is 8.01. The molecule has 3 rings (SSSR count). The van der Waals surface area contributed by atoms with Crippen LogP contribution in [-0.4, -0.2) is 20.3 Å². The normalized spacial score (nSPS) is 12.5. The summed E-state index contributed by atoms with van der Waals surface area (Å²) in [6.45, 7) is 0.330. The van der Waals surface area contributed by atoms with Gasteiger partial charge in [0.15, 0.2) is 0 Å². The number of nitro groups is 1. The molecule has 7 nitrogen and oxygen atoms in total. The number of hydrogen-bond donors (Lipinski definition) is 1. The average molecular weight is 218 g/mol. The van der Waals surface area contributed by atoms with Gasteiger partial charge in [-0.15, -0.1) is 0 Å². The largest absolute Gasteiger partial charge is 0.486 e. The second-order valence-corrected chi connectivity index (χ2v) is 3.35. The summed E-state index contributed by atoms with van der Waals surface area (Å²) in [5, 5.41) is 21.0. The minimum atomic E-state index is -0.450.